The van der Waals surface area contributed by atoms with Crippen molar-refractivity contribution < 1.29 is 27.7 Å². The minimum absolute atomic E-state index is 0.0634. The third-order valence-electron chi connectivity index (χ3n) is 5.23. The van der Waals surface area contributed by atoms with E-state index in [1.54, 1.807) is 0 Å². The highest BCUT2D eigenvalue weighted by atomic mass is 31.2. The predicted octanol–water partition coefficient (Wildman–Crippen LogP) is 6.36. The average molecular weight is 483 g/mol. The molecule has 0 aliphatic rings. The molecule has 0 aromatic heterocycles. The van der Waals surface area contributed by atoms with Crippen LogP contribution in [0.5, 0.6) is 0 Å². The van der Waals surface area contributed by atoms with Crippen LogP contribution in [-0.4, -0.2) is 19.0 Å². The fourth-order valence-electron chi connectivity index (χ4n) is 3.10. The number of benzene rings is 3. The molecule has 0 saturated carbocycles. The molecule has 0 aliphatic carbocycles. The molecule has 0 bridgehead atoms. The van der Waals surface area contributed by atoms with Gasteiger partial charge in [-0.25, -0.2) is 4.57 Å². The van der Waals surface area contributed by atoms with E-state index in [1.807, 2.05) is 105 Å². The smallest absolute Gasteiger partial charge is 0.365 e. The van der Waals surface area contributed by atoms with E-state index in [9.17, 15) is 9.36 Å². The molecule has 1 atom stereocenters. The molecule has 0 radical (unpaired) electrons. The largest absolute Gasteiger partial charge is 0.475 e. The van der Waals surface area contributed by atoms with Gasteiger partial charge in [-0.2, -0.15) is 0 Å². The normalized spacial score (nSPS) is 12.9. The van der Waals surface area contributed by atoms with E-state index in [1.165, 1.54) is 0 Å². The van der Waals surface area contributed by atoms with Gasteiger partial charge in [0.15, 0.2) is 0 Å². The van der Waals surface area contributed by atoms with E-state index < -0.39 is 19.3 Å². The molecule has 1 unspecified atom stereocenters. The standard InChI is InChI=1S/C27H31O6P/c1-27(2,26(18-28)30-19-23-12-6-3-7-13-23)22-33-34(29,31-20-24-14-8-4-9-15-24)32-21-25-16-10-5-11-17-25/h3-18,26H,19-22H2,1-2H3. The molecule has 180 valence electrons. The zero-order valence-electron chi connectivity index (χ0n) is 19.5. The lowest BCUT2D eigenvalue weighted by molar-refractivity contribution is -0.129. The Kier molecular flexibility index (Phi) is 9.75. The summed E-state index contributed by atoms with van der Waals surface area (Å²) in [5, 5.41) is 0. The monoisotopic (exact) mass is 482 g/mol. The van der Waals surface area contributed by atoms with Crippen LogP contribution in [0.25, 0.3) is 0 Å². The Bertz CT molecular complexity index is 993. The van der Waals surface area contributed by atoms with Crippen molar-refractivity contribution in [3.63, 3.8) is 0 Å². The summed E-state index contributed by atoms with van der Waals surface area (Å²) in [6.07, 6.45) is -0.0308. The Labute approximate surface area is 201 Å². The highest BCUT2D eigenvalue weighted by molar-refractivity contribution is 7.48. The Balaban J connectivity index is 1.65. The lowest BCUT2D eigenvalue weighted by Gasteiger charge is -2.31. The fraction of sp³-hybridized carbons (Fsp3) is 0.296. The van der Waals surface area contributed by atoms with Gasteiger partial charge in [-0.15, -0.1) is 0 Å². The van der Waals surface area contributed by atoms with Gasteiger partial charge in [-0.1, -0.05) is 105 Å². The van der Waals surface area contributed by atoms with Crippen molar-refractivity contribution in [1.29, 1.82) is 0 Å². The van der Waals surface area contributed by atoms with Crippen LogP contribution in [0, 0.1) is 5.41 Å². The zero-order valence-corrected chi connectivity index (χ0v) is 20.4. The zero-order chi connectivity index (χ0) is 24.3. The minimum Gasteiger partial charge on any atom is -0.365 e. The molecular weight excluding hydrogens is 451 g/mol. The van der Waals surface area contributed by atoms with Gasteiger partial charge < -0.3 is 9.53 Å². The average Bonchev–Trinajstić information content (AvgIpc) is 2.87. The van der Waals surface area contributed by atoms with Crippen molar-refractivity contribution in [3.8, 4) is 0 Å². The molecule has 0 saturated heterocycles. The molecule has 0 N–H and O–H groups in total. The summed E-state index contributed by atoms with van der Waals surface area (Å²) in [6, 6.07) is 28.3. The third kappa shape index (κ3) is 8.32. The minimum atomic E-state index is -3.95. The number of ether oxygens (including phenoxy) is 1. The molecule has 0 fully saturated rings. The van der Waals surface area contributed by atoms with E-state index in [0.717, 1.165) is 23.0 Å². The number of carbonyl (C=O) groups is 1. The van der Waals surface area contributed by atoms with Crippen molar-refractivity contribution in [2.45, 2.75) is 39.8 Å². The molecule has 3 aromatic carbocycles. The summed E-state index contributed by atoms with van der Waals surface area (Å²) in [7, 11) is -3.95. The Hall–Kier alpha value is -2.60. The van der Waals surface area contributed by atoms with Crippen LogP contribution in [0.2, 0.25) is 0 Å². The van der Waals surface area contributed by atoms with E-state index in [2.05, 4.69) is 0 Å². The summed E-state index contributed by atoms with van der Waals surface area (Å²) >= 11 is 0. The second-order valence-corrected chi connectivity index (χ2v) is 10.2. The Morgan fingerprint density at radius 1 is 0.706 bits per heavy atom. The molecule has 34 heavy (non-hydrogen) atoms. The maximum Gasteiger partial charge on any atom is 0.475 e. The van der Waals surface area contributed by atoms with Crippen molar-refractivity contribution in [2.24, 2.45) is 5.41 Å². The van der Waals surface area contributed by atoms with Crippen LogP contribution in [0.4, 0.5) is 0 Å². The van der Waals surface area contributed by atoms with Crippen molar-refractivity contribution in [1.82, 2.24) is 0 Å². The Morgan fingerprint density at radius 2 is 1.12 bits per heavy atom. The maximum absolute atomic E-state index is 13.5. The Morgan fingerprint density at radius 3 is 1.53 bits per heavy atom. The van der Waals surface area contributed by atoms with Gasteiger partial charge in [0.25, 0.3) is 0 Å². The van der Waals surface area contributed by atoms with Crippen LogP contribution >= 0.6 is 7.82 Å². The third-order valence-corrected chi connectivity index (χ3v) is 6.56. The van der Waals surface area contributed by atoms with Crippen LogP contribution in [0.1, 0.15) is 30.5 Å². The lowest BCUT2D eigenvalue weighted by atomic mass is 9.88. The quantitative estimate of drug-likeness (QED) is 0.197. The summed E-state index contributed by atoms with van der Waals surface area (Å²) in [5.74, 6) is 0. The number of hydrogen-bond donors (Lipinski definition) is 0. The molecule has 0 heterocycles. The molecule has 0 aliphatic heterocycles. The number of carbonyl (C=O) groups excluding carboxylic acids is 1. The summed E-state index contributed by atoms with van der Waals surface area (Å²) < 4.78 is 36.4. The predicted molar refractivity (Wildman–Crippen MR) is 131 cm³/mol. The first kappa shape index (κ1) is 26.0. The number of aldehydes is 1. The van der Waals surface area contributed by atoms with Gasteiger partial charge in [0, 0.05) is 5.41 Å². The van der Waals surface area contributed by atoms with Crippen molar-refractivity contribution >= 4 is 14.1 Å². The highest BCUT2D eigenvalue weighted by Gasteiger charge is 2.36. The fourth-order valence-corrected chi connectivity index (χ4v) is 4.43. The van der Waals surface area contributed by atoms with E-state index in [0.29, 0.717) is 0 Å². The number of phosphoric ester groups is 1. The van der Waals surface area contributed by atoms with Crippen LogP contribution in [0.3, 0.4) is 0 Å². The van der Waals surface area contributed by atoms with E-state index >= 15 is 0 Å². The second-order valence-electron chi connectivity index (χ2n) is 8.58. The topological polar surface area (TPSA) is 71.1 Å². The molecule has 3 aromatic rings. The van der Waals surface area contributed by atoms with Crippen LogP contribution < -0.4 is 0 Å². The maximum atomic E-state index is 13.5. The first-order valence-electron chi connectivity index (χ1n) is 11.1. The molecule has 0 spiro atoms. The molecular formula is C27H31O6P. The molecule has 7 heteroatoms. The summed E-state index contributed by atoms with van der Waals surface area (Å²) in [4.78, 5) is 11.8. The van der Waals surface area contributed by atoms with Crippen LogP contribution in [0.15, 0.2) is 91.0 Å². The number of hydrogen-bond acceptors (Lipinski definition) is 6. The van der Waals surface area contributed by atoms with Gasteiger partial charge in [0.2, 0.25) is 0 Å². The summed E-state index contributed by atoms with van der Waals surface area (Å²) in [6.45, 7) is 3.97. The van der Waals surface area contributed by atoms with Gasteiger partial charge in [-0.05, 0) is 16.7 Å². The highest BCUT2D eigenvalue weighted by Crippen LogP contribution is 2.52. The van der Waals surface area contributed by atoms with E-state index in [-0.39, 0.29) is 26.4 Å². The second kappa shape index (κ2) is 12.7. The first-order valence-corrected chi connectivity index (χ1v) is 12.6. The number of rotatable bonds is 14. The van der Waals surface area contributed by atoms with Crippen molar-refractivity contribution in [2.75, 3.05) is 6.61 Å². The van der Waals surface area contributed by atoms with E-state index in [4.69, 9.17) is 18.3 Å². The molecule has 3 rings (SSSR count). The van der Waals surface area contributed by atoms with Gasteiger partial charge in [0.05, 0.1) is 26.4 Å². The lowest BCUT2D eigenvalue weighted by Crippen LogP contribution is -2.37. The van der Waals surface area contributed by atoms with Crippen molar-refractivity contribution in [3.05, 3.63) is 108 Å². The SMILES string of the molecule is CC(C)(COP(=O)(OCc1ccccc1)OCc1ccccc1)C(C=O)OCc1ccccc1. The first-order chi connectivity index (χ1) is 16.4. The van der Waals surface area contributed by atoms with Gasteiger partial charge >= 0.3 is 7.82 Å². The number of phosphoric acid groups is 1. The van der Waals surface area contributed by atoms with Crippen LogP contribution in [-0.2, 0) is 47.5 Å². The molecule has 6 nitrogen and oxygen atoms in total. The molecule has 0 amide bonds. The van der Waals surface area contributed by atoms with Gasteiger partial charge in [-0.3, -0.25) is 13.6 Å². The van der Waals surface area contributed by atoms with Gasteiger partial charge in [0.1, 0.15) is 12.4 Å². The summed E-state index contributed by atoms with van der Waals surface area (Å²) in [5.41, 5.74) is 1.85.